The van der Waals surface area contributed by atoms with Crippen LogP contribution >= 0.6 is 0 Å². The number of likely N-dealkylation sites (tertiary alicyclic amines) is 1. The Hall–Kier alpha value is -3.94. The number of nitrogens with one attached hydrogen (secondary N) is 2. The highest BCUT2D eigenvalue weighted by atomic mass is 16.5. The summed E-state index contributed by atoms with van der Waals surface area (Å²) < 4.78 is 5.49. The first-order chi connectivity index (χ1) is 16.6. The Balaban J connectivity index is 1.58. The molecule has 1 aliphatic heterocycles. The number of pyridine rings is 2. The van der Waals surface area contributed by atoms with Crippen molar-refractivity contribution in [1.82, 2.24) is 20.2 Å². The van der Waals surface area contributed by atoms with E-state index in [4.69, 9.17) is 4.74 Å². The maximum absolute atomic E-state index is 13.6. The van der Waals surface area contributed by atoms with E-state index in [-0.39, 0.29) is 18.4 Å². The summed E-state index contributed by atoms with van der Waals surface area (Å²) in [5.41, 5.74) is 2.07. The van der Waals surface area contributed by atoms with E-state index in [1.54, 1.807) is 55.8 Å². The Bertz CT molecular complexity index is 1140. The minimum atomic E-state index is -0.877. The van der Waals surface area contributed by atoms with E-state index in [0.717, 1.165) is 11.3 Å². The molecule has 2 N–H and O–H groups in total. The minimum Gasteiger partial charge on any atom is -0.495 e. The molecule has 2 amide bonds. The predicted octanol–water partition coefficient (Wildman–Crippen LogP) is 3.02. The molecule has 1 aliphatic rings. The normalized spacial score (nSPS) is 17.6. The van der Waals surface area contributed by atoms with Gasteiger partial charge in [-0.25, -0.2) is 0 Å². The molecule has 176 valence electrons. The summed E-state index contributed by atoms with van der Waals surface area (Å²) in [6.07, 6.45) is 6.54. The van der Waals surface area contributed by atoms with Gasteiger partial charge in [-0.3, -0.25) is 19.6 Å². The number of methoxy groups -OCH3 is 1. The molecule has 1 fully saturated rings. The lowest BCUT2D eigenvalue weighted by Gasteiger charge is -2.41. The van der Waals surface area contributed by atoms with Crippen molar-refractivity contribution in [1.29, 1.82) is 0 Å². The minimum absolute atomic E-state index is 0.128. The molecule has 8 nitrogen and oxygen atoms in total. The van der Waals surface area contributed by atoms with Crippen LogP contribution in [0.4, 0.5) is 5.69 Å². The van der Waals surface area contributed by atoms with E-state index in [2.05, 4.69) is 20.6 Å². The Kier molecular flexibility index (Phi) is 7.06. The number of ether oxygens (including phenoxy) is 1. The van der Waals surface area contributed by atoms with E-state index >= 15 is 0 Å². The summed E-state index contributed by atoms with van der Waals surface area (Å²) in [7, 11) is 3.22. The van der Waals surface area contributed by atoms with E-state index in [0.29, 0.717) is 42.9 Å². The molecule has 2 aromatic heterocycles. The monoisotopic (exact) mass is 459 g/mol. The standard InChI is InChI=1S/C26H29N5O3/c1-27-25(33)26(23-8-3-4-13-29-23)11-6-14-31(18-26)24(32)20-9-10-22(34-2)21(15-20)30-17-19-7-5-12-28-16-19/h3-5,7-10,12-13,15-16,30H,6,11,14,17-18H2,1-2H3,(H,27,33)/t26-/m1/s1. The quantitative estimate of drug-likeness (QED) is 0.564. The molecule has 0 spiro atoms. The number of carbonyl (C=O) groups is 2. The van der Waals surface area contributed by atoms with Crippen LogP contribution in [0.5, 0.6) is 5.75 Å². The maximum Gasteiger partial charge on any atom is 0.253 e. The van der Waals surface area contributed by atoms with Gasteiger partial charge >= 0.3 is 0 Å². The second kappa shape index (κ2) is 10.3. The van der Waals surface area contributed by atoms with E-state index in [1.807, 2.05) is 30.3 Å². The van der Waals surface area contributed by atoms with Crippen LogP contribution in [-0.4, -0.2) is 53.9 Å². The molecule has 8 heteroatoms. The highest BCUT2D eigenvalue weighted by Gasteiger charge is 2.45. The molecule has 3 heterocycles. The first-order valence-electron chi connectivity index (χ1n) is 11.3. The molecule has 0 saturated carbocycles. The molecule has 0 aliphatic carbocycles. The maximum atomic E-state index is 13.6. The van der Waals surface area contributed by atoms with Crippen LogP contribution in [-0.2, 0) is 16.8 Å². The second-order valence-electron chi connectivity index (χ2n) is 8.34. The van der Waals surface area contributed by atoms with Crippen molar-refractivity contribution in [3.8, 4) is 5.75 Å². The van der Waals surface area contributed by atoms with Crippen LogP contribution in [0.3, 0.4) is 0 Å². The number of amides is 2. The summed E-state index contributed by atoms with van der Waals surface area (Å²) in [6, 6.07) is 14.8. The number of benzene rings is 1. The van der Waals surface area contributed by atoms with E-state index in [9.17, 15) is 9.59 Å². The van der Waals surface area contributed by atoms with Gasteiger partial charge in [0.15, 0.2) is 0 Å². The Morgan fingerprint density at radius 3 is 2.74 bits per heavy atom. The first kappa shape index (κ1) is 23.2. The third-order valence-electron chi connectivity index (χ3n) is 6.25. The van der Waals surface area contributed by atoms with E-state index in [1.165, 1.54) is 0 Å². The van der Waals surface area contributed by atoms with Gasteiger partial charge in [-0.05, 0) is 54.8 Å². The molecule has 3 aromatic rings. The fraction of sp³-hybridized carbons (Fsp3) is 0.308. The number of nitrogens with zero attached hydrogens (tertiary/aromatic N) is 3. The Labute approximate surface area is 199 Å². The van der Waals surface area contributed by atoms with Gasteiger partial charge in [0.1, 0.15) is 11.2 Å². The number of aromatic nitrogens is 2. The highest BCUT2D eigenvalue weighted by Crippen LogP contribution is 2.35. The number of anilines is 1. The largest absolute Gasteiger partial charge is 0.495 e. The third kappa shape index (κ3) is 4.71. The van der Waals surface area contributed by atoms with Crippen molar-refractivity contribution in [2.75, 3.05) is 32.6 Å². The Morgan fingerprint density at radius 1 is 1.15 bits per heavy atom. The molecular formula is C26H29N5O3. The average Bonchev–Trinajstić information content (AvgIpc) is 2.91. The molecule has 1 atom stereocenters. The van der Waals surface area contributed by atoms with Gasteiger partial charge in [-0.1, -0.05) is 12.1 Å². The average molecular weight is 460 g/mol. The van der Waals surface area contributed by atoms with Crippen LogP contribution in [0.15, 0.2) is 67.1 Å². The predicted molar refractivity (Wildman–Crippen MR) is 130 cm³/mol. The van der Waals surface area contributed by atoms with Crippen molar-refractivity contribution >= 4 is 17.5 Å². The topological polar surface area (TPSA) is 96.5 Å². The van der Waals surface area contributed by atoms with Crippen LogP contribution in [0.1, 0.15) is 34.5 Å². The third-order valence-corrected chi connectivity index (χ3v) is 6.25. The van der Waals surface area contributed by atoms with Crippen molar-refractivity contribution in [2.45, 2.75) is 24.8 Å². The second-order valence-corrected chi connectivity index (χ2v) is 8.34. The number of hydrogen-bond acceptors (Lipinski definition) is 6. The number of hydrogen-bond donors (Lipinski definition) is 2. The SMILES string of the molecule is CNC(=O)[C@]1(c2ccccn2)CCCN(C(=O)c2ccc(OC)c(NCc3cccnc3)c2)C1. The van der Waals surface area contributed by atoms with Crippen molar-refractivity contribution in [3.05, 3.63) is 83.9 Å². The lowest BCUT2D eigenvalue weighted by atomic mass is 9.75. The number of rotatable bonds is 7. The molecule has 34 heavy (non-hydrogen) atoms. The Morgan fingerprint density at radius 2 is 2.03 bits per heavy atom. The van der Waals surface area contributed by atoms with E-state index < -0.39 is 5.41 Å². The summed E-state index contributed by atoms with van der Waals surface area (Å²) in [5.74, 6) is 0.389. The van der Waals surface area contributed by atoms with Crippen LogP contribution in [0.25, 0.3) is 0 Å². The van der Waals surface area contributed by atoms with Gasteiger partial charge < -0.3 is 20.3 Å². The zero-order chi connectivity index (χ0) is 24.0. The van der Waals surface area contributed by atoms with Gasteiger partial charge in [0.2, 0.25) is 5.91 Å². The summed E-state index contributed by atoms with van der Waals surface area (Å²) in [5, 5.41) is 6.12. The summed E-state index contributed by atoms with van der Waals surface area (Å²) in [4.78, 5) is 36.9. The zero-order valence-corrected chi connectivity index (χ0v) is 19.5. The molecular weight excluding hydrogens is 430 g/mol. The van der Waals surface area contributed by atoms with Gasteiger partial charge in [0.25, 0.3) is 5.91 Å². The molecule has 1 aromatic carbocycles. The van der Waals surface area contributed by atoms with Crippen molar-refractivity contribution in [3.63, 3.8) is 0 Å². The lowest BCUT2D eigenvalue weighted by Crippen LogP contribution is -2.56. The molecule has 0 bridgehead atoms. The van der Waals surface area contributed by atoms with Crippen LogP contribution in [0.2, 0.25) is 0 Å². The summed E-state index contributed by atoms with van der Waals surface area (Å²) in [6.45, 7) is 1.40. The first-order valence-corrected chi connectivity index (χ1v) is 11.3. The van der Waals surface area contributed by atoms with Gasteiger partial charge in [-0.15, -0.1) is 0 Å². The van der Waals surface area contributed by atoms with Gasteiger partial charge in [-0.2, -0.15) is 0 Å². The lowest BCUT2D eigenvalue weighted by molar-refractivity contribution is -0.128. The number of likely N-dealkylation sites (N-methyl/N-ethyl adjacent to an activating group) is 1. The van der Waals surface area contributed by atoms with Crippen LogP contribution in [0, 0.1) is 0 Å². The van der Waals surface area contributed by atoms with Gasteiger partial charge in [0, 0.05) is 50.8 Å². The molecule has 1 saturated heterocycles. The molecule has 0 unspecified atom stereocenters. The van der Waals surface area contributed by atoms with Crippen molar-refractivity contribution in [2.24, 2.45) is 0 Å². The molecule has 4 rings (SSSR count). The smallest absolute Gasteiger partial charge is 0.253 e. The fourth-order valence-corrected chi connectivity index (χ4v) is 4.49. The zero-order valence-electron chi connectivity index (χ0n) is 19.5. The van der Waals surface area contributed by atoms with Crippen LogP contribution < -0.4 is 15.4 Å². The van der Waals surface area contributed by atoms with Gasteiger partial charge in [0.05, 0.1) is 18.5 Å². The summed E-state index contributed by atoms with van der Waals surface area (Å²) >= 11 is 0. The fourth-order valence-electron chi connectivity index (χ4n) is 4.49. The molecule has 0 radical (unpaired) electrons. The highest BCUT2D eigenvalue weighted by molar-refractivity contribution is 5.97. The number of piperidine rings is 1. The van der Waals surface area contributed by atoms with Crippen molar-refractivity contribution < 1.29 is 14.3 Å². The number of carbonyl (C=O) groups excluding carboxylic acids is 2.